The molecule has 4 rings (SSSR count). The quantitative estimate of drug-likeness (QED) is 0.527. The van der Waals surface area contributed by atoms with Crippen LogP contribution in [-0.2, 0) is 13.0 Å². The third-order valence-electron chi connectivity index (χ3n) is 4.46. The molecule has 1 aliphatic rings. The van der Waals surface area contributed by atoms with E-state index in [2.05, 4.69) is 45.3 Å². The lowest BCUT2D eigenvalue weighted by Gasteiger charge is -2.15. The first kappa shape index (κ1) is 17.5. The molecule has 0 fully saturated rings. The normalized spacial score (nSPS) is 15.9. The van der Waals surface area contributed by atoms with Gasteiger partial charge in [0.2, 0.25) is 0 Å². The Bertz CT molecular complexity index is 898. The fourth-order valence-electron chi connectivity index (χ4n) is 3.09. The SMILES string of the molecule is CN=C(NCc1nc(-c2ccccc2)cs1)NCC1Cc2ccccc2O1. The molecule has 1 aliphatic heterocycles. The topological polar surface area (TPSA) is 58.5 Å². The summed E-state index contributed by atoms with van der Waals surface area (Å²) in [6, 6.07) is 18.4. The van der Waals surface area contributed by atoms with E-state index in [4.69, 9.17) is 9.72 Å². The minimum absolute atomic E-state index is 0.130. The summed E-state index contributed by atoms with van der Waals surface area (Å²) in [4.78, 5) is 8.99. The van der Waals surface area contributed by atoms with Crippen molar-refractivity contribution in [2.24, 2.45) is 4.99 Å². The Hall–Kier alpha value is -2.86. The largest absolute Gasteiger partial charge is 0.488 e. The number of thiazole rings is 1. The van der Waals surface area contributed by atoms with Crippen molar-refractivity contribution in [1.82, 2.24) is 15.6 Å². The van der Waals surface area contributed by atoms with E-state index in [0.29, 0.717) is 13.1 Å². The fraction of sp³-hybridized carbons (Fsp3) is 0.238. The Kier molecular flexibility index (Phi) is 5.34. The van der Waals surface area contributed by atoms with Crippen LogP contribution < -0.4 is 15.4 Å². The van der Waals surface area contributed by atoms with Crippen LogP contribution in [0.4, 0.5) is 0 Å². The van der Waals surface area contributed by atoms with E-state index < -0.39 is 0 Å². The number of nitrogens with one attached hydrogen (secondary N) is 2. The summed E-state index contributed by atoms with van der Waals surface area (Å²) in [6.07, 6.45) is 1.05. The fourth-order valence-corrected chi connectivity index (χ4v) is 3.83. The lowest BCUT2D eigenvalue weighted by atomic mass is 10.1. The number of para-hydroxylation sites is 1. The molecule has 0 saturated heterocycles. The third kappa shape index (κ3) is 4.28. The lowest BCUT2D eigenvalue weighted by Crippen LogP contribution is -2.41. The number of benzene rings is 2. The minimum Gasteiger partial charge on any atom is -0.488 e. The van der Waals surface area contributed by atoms with Crippen molar-refractivity contribution in [2.45, 2.75) is 19.1 Å². The zero-order chi connectivity index (χ0) is 18.5. The number of nitrogens with zero attached hydrogens (tertiary/aromatic N) is 2. The molecule has 2 N–H and O–H groups in total. The van der Waals surface area contributed by atoms with Crippen molar-refractivity contribution in [1.29, 1.82) is 0 Å². The van der Waals surface area contributed by atoms with Gasteiger partial charge in [0.15, 0.2) is 5.96 Å². The molecule has 2 aromatic carbocycles. The summed E-state index contributed by atoms with van der Waals surface area (Å²) < 4.78 is 5.96. The third-order valence-corrected chi connectivity index (χ3v) is 5.31. The highest BCUT2D eigenvalue weighted by Gasteiger charge is 2.22. The van der Waals surface area contributed by atoms with Gasteiger partial charge in [0.25, 0.3) is 0 Å². The van der Waals surface area contributed by atoms with E-state index in [0.717, 1.165) is 34.4 Å². The molecule has 6 heteroatoms. The van der Waals surface area contributed by atoms with Gasteiger partial charge in [0.1, 0.15) is 16.9 Å². The molecule has 27 heavy (non-hydrogen) atoms. The molecule has 0 bridgehead atoms. The molecule has 0 amide bonds. The average Bonchev–Trinajstić information content (AvgIpc) is 3.35. The molecule has 0 spiro atoms. The van der Waals surface area contributed by atoms with Gasteiger partial charge in [-0.3, -0.25) is 4.99 Å². The number of guanidine groups is 1. The van der Waals surface area contributed by atoms with Crippen LogP contribution in [0.15, 0.2) is 65.0 Å². The number of rotatable bonds is 5. The van der Waals surface area contributed by atoms with Crippen LogP contribution in [0.2, 0.25) is 0 Å². The zero-order valence-corrected chi connectivity index (χ0v) is 16.0. The van der Waals surface area contributed by atoms with Crippen LogP contribution in [0.1, 0.15) is 10.6 Å². The van der Waals surface area contributed by atoms with Gasteiger partial charge in [-0.15, -0.1) is 11.3 Å². The van der Waals surface area contributed by atoms with Gasteiger partial charge in [-0.05, 0) is 11.6 Å². The monoisotopic (exact) mass is 378 g/mol. The number of aromatic nitrogens is 1. The molecule has 1 unspecified atom stereocenters. The van der Waals surface area contributed by atoms with Crippen LogP contribution in [0, 0.1) is 0 Å². The van der Waals surface area contributed by atoms with Crippen molar-refractivity contribution in [3.8, 4) is 17.0 Å². The van der Waals surface area contributed by atoms with Gasteiger partial charge in [-0.25, -0.2) is 4.98 Å². The number of hydrogen-bond donors (Lipinski definition) is 2. The maximum atomic E-state index is 5.96. The van der Waals surface area contributed by atoms with E-state index in [9.17, 15) is 0 Å². The molecule has 1 atom stereocenters. The number of ether oxygens (including phenoxy) is 1. The molecular formula is C21H22N4OS. The number of aliphatic imine (C=N–C) groups is 1. The van der Waals surface area contributed by atoms with Gasteiger partial charge < -0.3 is 15.4 Å². The van der Waals surface area contributed by atoms with Crippen molar-refractivity contribution in [2.75, 3.05) is 13.6 Å². The Morgan fingerprint density at radius 1 is 1.15 bits per heavy atom. The summed E-state index contributed by atoms with van der Waals surface area (Å²) in [7, 11) is 1.77. The van der Waals surface area contributed by atoms with E-state index in [1.54, 1.807) is 18.4 Å². The van der Waals surface area contributed by atoms with Crippen LogP contribution in [0.5, 0.6) is 5.75 Å². The van der Waals surface area contributed by atoms with E-state index in [1.165, 1.54) is 5.56 Å². The van der Waals surface area contributed by atoms with Crippen LogP contribution in [0.25, 0.3) is 11.3 Å². The summed E-state index contributed by atoms with van der Waals surface area (Å²) in [5.41, 5.74) is 3.42. The summed E-state index contributed by atoms with van der Waals surface area (Å²) in [5.74, 6) is 1.74. The number of hydrogen-bond acceptors (Lipinski definition) is 4. The first-order valence-corrected chi connectivity index (χ1v) is 9.88. The molecule has 1 aromatic heterocycles. The van der Waals surface area contributed by atoms with Gasteiger partial charge in [0, 0.05) is 24.4 Å². The Balaban J connectivity index is 1.27. The number of fused-ring (bicyclic) bond motifs is 1. The molecule has 5 nitrogen and oxygen atoms in total. The maximum Gasteiger partial charge on any atom is 0.191 e. The van der Waals surface area contributed by atoms with Crippen molar-refractivity contribution in [3.05, 3.63) is 70.5 Å². The highest BCUT2D eigenvalue weighted by atomic mass is 32.1. The smallest absolute Gasteiger partial charge is 0.191 e. The molecular weight excluding hydrogens is 356 g/mol. The van der Waals surface area contributed by atoms with Crippen molar-refractivity contribution in [3.63, 3.8) is 0 Å². The van der Waals surface area contributed by atoms with E-state index in [1.807, 2.05) is 30.3 Å². The van der Waals surface area contributed by atoms with Crippen LogP contribution >= 0.6 is 11.3 Å². The first-order valence-electron chi connectivity index (χ1n) is 9.01. The first-order chi connectivity index (χ1) is 13.3. The Morgan fingerprint density at radius 2 is 1.96 bits per heavy atom. The Labute approximate surface area is 163 Å². The second-order valence-corrected chi connectivity index (χ2v) is 7.29. The molecule has 3 aromatic rings. The van der Waals surface area contributed by atoms with Gasteiger partial charge in [-0.1, -0.05) is 48.5 Å². The van der Waals surface area contributed by atoms with Crippen molar-refractivity contribution >= 4 is 17.3 Å². The average molecular weight is 379 g/mol. The minimum atomic E-state index is 0.130. The molecule has 138 valence electrons. The van der Waals surface area contributed by atoms with Crippen LogP contribution in [-0.4, -0.2) is 30.6 Å². The van der Waals surface area contributed by atoms with Crippen LogP contribution in [0.3, 0.4) is 0 Å². The molecule has 0 saturated carbocycles. The summed E-state index contributed by atoms with van der Waals surface area (Å²) in [6.45, 7) is 1.35. The van der Waals surface area contributed by atoms with E-state index >= 15 is 0 Å². The lowest BCUT2D eigenvalue weighted by molar-refractivity contribution is 0.235. The van der Waals surface area contributed by atoms with Gasteiger partial charge in [0.05, 0.1) is 18.8 Å². The van der Waals surface area contributed by atoms with Gasteiger partial charge >= 0.3 is 0 Å². The second kappa shape index (κ2) is 8.22. The Morgan fingerprint density at radius 3 is 2.78 bits per heavy atom. The molecule has 2 heterocycles. The van der Waals surface area contributed by atoms with Crippen molar-refractivity contribution < 1.29 is 4.74 Å². The highest BCUT2D eigenvalue weighted by Crippen LogP contribution is 2.27. The highest BCUT2D eigenvalue weighted by molar-refractivity contribution is 7.09. The predicted molar refractivity (Wildman–Crippen MR) is 110 cm³/mol. The van der Waals surface area contributed by atoms with Gasteiger partial charge in [-0.2, -0.15) is 0 Å². The second-order valence-electron chi connectivity index (χ2n) is 6.35. The standard InChI is InChI=1S/C21H22N4OS/c1-22-21(23-12-17-11-16-9-5-6-10-19(16)26-17)24-13-20-25-18(14-27-20)15-7-3-2-4-8-15/h2-10,14,17H,11-13H2,1H3,(H2,22,23,24). The molecule has 0 aliphatic carbocycles. The molecule has 0 radical (unpaired) electrons. The summed E-state index contributed by atoms with van der Waals surface area (Å²) >= 11 is 1.65. The van der Waals surface area contributed by atoms with E-state index in [-0.39, 0.29) is 6.10 Å². The predicted octanol–water partition coefficient (Wildman–Crippen LogP) is 3.48. The maximum absolute atomic E-state index is 5.96. The zero-order valence-electron chi connectivity index (χ0n) is 15.2. The summed E-state index contributed by atoms with van der Waals surface area (Å²) in [5, 5.41) is 9.79.